The Balaban J connectivity index is 2.87. The summed E-state index contributed by atoms with van der Waals surface area (Å²) in [6, 6.07) is 6.36. The van der Waals surface area contributed by atoms with E-state index < -0.39 is 0 Å². The molecular weight excluding hydrogens is 360 g/mol. The van der Waals surface area contributed by atoms with E-state index in [9.17, 15) is 0 Å². The Bertz CT molecular complexity index is 271. The van der Waals surface area contributed by atoms with E-state index in [-0.39, 0.29) is 0 Å². The van der Waals surface area contributed by atoms with Crippen LogP contribution in [0.4, 0.5) is 0 Å². The normalized spacial score (nSPS) is 10.4. The molecule has 0 saturated carbocycles. The summed E-state index contributed by atoms with van der Waals surface area (Å²) in [6.45, 7) is 0. The second kappa shape index (κ2) is 6.20. The van der Waals surface area contributed by atoms with Gasteiger partial charge in [0.05, 0.1) is 0 Å². The Morgan fingerprint density at radius 3 is 2.54 bits per heavy atom. The molecule has 1 aromatic rings. The molecule has 0 amide bonds. The summed E-state index contributed by atoms with van der Waals surface area (Å²) < 4.78 is 1.23. The molecule has 0 aliphatic heterocycles. The van der Waals surface area contributed by atoms with E-state index in [1.54, 1.807) is 0 Å². The van der Waals surface area contributed by atoms with E-state index in [0.717, 1.165) is 17.1 Å². The van der Waals surface area contributed by atoms with Crippen molar-refractivity contribution in [2.24, 2.45) is 0 Å². The van der Waals surface area contributed by atoms with Gasteiger partial charge in [0.1, 0.15) is 0 Å². The fraction of sp³-hybridized carbons (Fsp3) is 0.400. The topological polar surface area (TPSA) is 0 Å². The predicted molar refractivity (Wildman–Crippen MR) is 68.9 cm³/mol. The molecule has 0 bridgehead atoms. The summed E-state index contributed by atoms with van der Waals surface area (Å²) in [5.74, 6) is 0. The predicted octanol–water partition coefficient (Wildman–Crippen LogP) is 4.67. The van der Waals surface area contributed by atoms with Crippen LogP contribution in [0.25, 0.3) is 0 Å². The lowest BCUT2D eigenvalue weighted by atomic mass is 10.0. The highest BCUT2D eigenvalue weighted by molar-refractivity contribution is 9.10. The minimum Gasteiger partial charge on any atom is -0.0928 e. The van der Waals surface area contributed by atoms with Crippen molar-refractivity contribution >= 4 is 47.8 Å². The molecule has 3 heteroatoms. The number of hydrogen-bond acceptors (Lipinski definition) is 0. The van der Waals surface area contributed by atoms with Gasteiger partial charge in [-0.25, -0.2) is 0 Å². The van der Waals surface area contributed by atoms with Crippen LogP contribution < -0.4 is 0 Å². The van der Waals surface area contributed by atoms with Crippen LogP contribution in [-0.2, 0) is 11.8 Å². The first kappa shape index (κ1) is 11.7. The third-order valence-corrected chi connectivity index (χ3v) is 3.83. The van der Waals surface area contributed by atoms with E-state index in [1.165, 1.54) is 22.0 Å². The van der Waals surface area contributed by atoms with Crippen LogP contribution in [0.3, 0.4) is 0 Å². The van der Waals surface area contributed by atoms with Crippen LogP contribution in [0.1, 0.15) is 17.5 Å². The quantitative estimate of drug-likeness (QED) is 0.675. The largest absolute Gasteiger partial charge is 0.0928 e. The van der Waals surface area contributed by atoms with Crippen molar-refractivity contribution in [2.45, 2.75) is 18.2 Å². The third-order valence-electron chi connectivity index (χ3n) is 1.92. The Kier molecular flexibility index (Phi) is 5.60. The number of alkyl halides is 2. The van der Waals surface area contributed by atoms with E-state index in [4.69, 9.17) is 0 Å². The minimum absolute atomic E-state index is 0.935. The van der Waals surface area contributed by atoms with Gasteiger partial charge in [0.25, 0.3) is 0 Å². The van der Waals surface area contributed by atoms with Crippen LogP contribution in [0.15, 0.2) is 22.7 Å². The van der Waals surface area contributed by atoms with E-state index in [2.05, 4.69) is 66.0 Å². The summed E-state index contributed by atoms with van der Waals surface area (Å²) in [5.41, 5.74) is 2.81. The van der Waals surface area contributed by atoms with Gasteiger partial charge in [-0.05, 0) is 30.0 Å². The van der Waals surface area contributed by atoms with Gasteiger partial charge in [0.2, 0.25) is 0 Å². The van der Waals surface area contributed by atoms with Gasteiger partial charge < -0.3 is 0 Å². The Hall–Kier alpha value is 0.660. The van der Waals surface area contributed by atoms with Gasteiger partial charge in [-0.1, -0.05) is 59.9 Å². The van der Waals surface area contributed by atoms with Crippen LogP contribution in [-0.4, -0.2) is 5.33 Å². The summed E-state index contributed by atoms with van der Waals surface area (Å²) in [4.78, 5) is 0. The monoisotopic (exact) mass is 368 g/mol. The molecule has 1 aromatic carbocycles. The highest BCUT2D eigenvalue weighted by atomic mass is 79.9. The summed E-state index contributed by atoms with van der Waals surface area (Å²) >= 11 is 10.5. The summed E-state index contributed by atoms with van der Waals surface area (Å²) in [7, 11) is 0. The Morgan fingerprint density at radius 2 is 1.92 bits per heavy atom. The molecule has 0 nitrogen and oxygen atoms in total. The standard InChI is InChI=1S/C10H11Br3/c11-6-2-4-9-8(7-12)3-1-5-10(9)13/h1,3,5H,2,4,6-7H2. The van der Waals surface area contributed by atoms with Gasteiger partial charge in [0.15, 0.2) is 0 Å². The molecule has 0 aliphatic carbocycles. The zero-order chi connectivity index (χ0) is 9.68. The molecule has 1 rings (SSSR count). The maximum absolute atomic E-state index is 3.58. The fourth-order valence-electron chi connectivity index (χ4n) is 1.25. The molecule has 0 unspecified atom stereocenters. The van der Waals surface area contributed by atoms with Gasteiger partial charge in [-0.3, -0.25) is 0 Å². The zero-order valence-corrected chi connectivity index (χ0v) is 12.0. The average Bonchev–Trinajstić information content (AvgIpc) is 2.15. The molecule has 0 atom stereocenters. The van der Waals surface area contributed by atoms with Crippen molar-refractivity contribution < 1.29 is 0 Å². The molecule has 0 saturated heterocycles. The molecule has 0 aliphatic rings. The number of halogens is 3. The lowest BCUT2D eigenvalue weighted by Crippen LogP contribution is -1.93. The summed E-state index contributed by atoms with van der Waals surface area (Å²) in [5, 5.41) is 2.00. The van der Waals surface area contributed by atoms with Crippen molar-refractivity contribution in [2.75, 3.05) is 5.33 Å². The Labute approximate surface area is 104 Å². The number of benzene rings is 1. The van der Waals surface area contributed by atoms with Crippen LogP contribution in [0.5, 0.6) is 0 Å². The molecule has 0 spiro atoms. The molecule has 0 N–H and O–H groups in total. The van der Waals surface area contributed by atoms with E-state index in [0.29, 0.717) is 0 Å². The van der Waals surface area contributed by atoms with Crippen molar-refractivity contribution in [1.29, 1.82) is 0 Å². The van der Waals surface area contributed by atoms with Gasteiger partial charge >= 0.3 is 0 Å². The molecule has 0 heterocycles. The van der Waals surface area contributed by atoms with Crippen LogP contribution >= 0.6 is 47.8 Å². The lowest BCUT2D eigenvalue weighted by molar-refractivity contribution is 0.922. The third kappa shape index (κ3) is 3.37. The van der Waals surface area contributed by atoms with Crippen molar-refractivity contribution in [3.8, 4) is 0 Å². The number of rotatable bonds is 4. The van der Waals surface area contributed by atoms with Gasteiger partial charge in [-0.15, -0.1) is 0 Å². The maximum Gasteiger partial charge on any atom is 0.0286 e. The summed E-state index contributed by atoms with van der Waals surface area (Å²) in [6.07, 6.45) is 2.32. The second-order valence-corrected chi connectivity index (χ2v) is 5.01. The minimum atomic E-state index is 0.935. The molecule has 72 valence electrons. The van der Waals surface area contributed by atoms with Crippen LogP contribution in [0.2, 0.25) is 0 Å². The highest BCUT2D eigenvalue weighted by Crippen LogP contribution is 2.24. The molecule has 0 fully saturated rings. The second-order valence-electron chi connectivity index (χ2n) is 2.80. The van der Waals surface area contributed by atoms with Crippen molar-refractivity contribution in [3.63, 3.8) is 0 Å². The van der Waals surface area contributed by atoms with Gasteiger partial charge in [-0.2, -0.15) is 0 Å². The molecular formula is C10H11Br3. The van der Waals surface area contributed by atoms with Crippen molar-refractivity contribution in [3.05, 3.63) is 33.8 Å². The Morgan fingerprint density at radius 1 is 1.15 bits per heavy atom. The first-order valence-corrected chi connectivity index (χ1v) is 7.21. The highest BCUT2D eigenvalue weighted by Gasteiger charge is 2.04. The number of hydrogen-bond donors (Lipinski definition) is 0. The molecule has 13 heavy (non-hydrogen) atoms. The average molecular weight is 371 g/mol. The van der Waals surface area contributed by atoms with Crippen LogP contribution in [0, 0.1) is 0 Å². The fourth-order valence-corrected chi connectivity index (χ4v) is 2.66. The molecule has 0 radical (unpaired) electrons. The molecule has 0 aromatic heterocycles. The first-order valence-electron chi connectivity index (χ1n) is 4.17. The zero-order valence-electron chi connectivity index (χ0n) is 7.19. The smallest absolute Gasteiger partial charge is 0.0286 e. The first-order chi connectivity index (χ1) is 6.29. The van der Waals surface area contributed by atoms with Gasteiger partial charge in [0, 0.05) is 15.1 Å². The SMILES string of the molecule is BrCCCc1c(Br)cccc1CBr. The maximum atomic E-state index is 3.58. The lowest BCUT2D eigenvalue weighted by Gasteiger charge is -2.08. The van der Waals surface area contributed by atoms with Crippen molar-refractivity contribution in [1.82, 2.24) is 0 Å². The van der Waals surface area contributed by atoms with E-state index in [1.807, 2.05) is 0 Å². The van der Waals surface area contributed by atoms with E-state index >= 15 is 0 Å².